The lowest BCUT2D eigenvalue weighted by Crippen LogP contribution is -2.31. The molecule has 4 aromatic rings. The molecule has 0 bridgehead atoms. The van der Waals surface area contributed by atoms with Crippen LogP contribution in [0.5, 0.6) is 0 Å². The summed E-state index contributed by atoms with van der Waals surface area (Å²) in [5.74, 6) is 3.01. The van der Waals surface area contributed by atoms with Gasteiger partial charge in [-0.1, -0.05) is 31.4 Å². The van der Waals surface area contributed by atoms with Crippen molar-refractivity contribution in [2.45, 2.75) is 38.6 Å². The first kappa shape index (κ1) is 19.5. The number of nitrogen functional groups attached to an aromatic ring is 1. The highest BCUT2D eigenvalue weighted by atomic mass is 19.1. The number of nitrogens with zero attached hydrogens (tertiary/aromatic N) is 5. The lowest BCUT2D eigenvalue weighted by molar-refractivity contribution is 0.357. The highest BCUT2D eigenvalue weighted by molar-refractivity contribution is 5.57. The number of rotatable bonds is 6. The minimum absolute atomic E-state index is 0.236. The zero-order valence-electron chi connectivity index (χ0n) is 17.2. The third kappa shape index (κ3) is 4.23. The maximum absolute atomic E-state index is 13.4. The molecule has 0 radical (unpaired) electrons. The molecule has 1 saturated carbocycles. The summed E-state index contributed by atoms with van der Waals surface area (Å²) >= 11 is 0. The van der Waals surface area contributed by atoms with Crippen molar-refractivity contribution in [2.24, 2.45) is 5.92 Å². The zero-order chi connectivity index (χ0) is 21.2. The Balaban J connectivity index is 1.49. The van der Waals surface area contributed by atoms with E-state index in [1.165, 1.54) is 48.8 Å². The van der Waals surface area contributed by atoms with Crippen molar-refractivity contribution in [1.82, 2.24) is 19.6 Å². The molecule has 3 aromatic heterocycles. The topological polar surface area (TPSA) is 85.5 Å². The Morgan fingerprint density at radius 3 is 2.65 bits per heavy atom. The first-order chi connectivity index (χ1) is 15.2. The van der Waals surface area contributed by atoms with Gasteiger partial charge in [0.1, 0.15) is 17.5 Å². The van der Waals surface area contributed by atoms with Gasteiger partial charge in [0.15, 0.2) is 5.76 Å². The van der Waals surface area contributed by atoms with Crippen LogP contribution in [0.15, 0.2) is 53.1 Å². The van der Waals surface area contributed by atoms with E-state index in [0.29, 0.717) is 35.6 Å². The van der Waals surface area contributed by atoms with Crippen molar-refractivity contribution < 1.29 is 8.81 Å². The minimum Gasteiger partial charge on any atom is -0.461 e. The standard InChI is InChI=1S/C23H25FN6O/c24-18-10-8-17(9-11-18)15-29(14-16-5-2-1-3-6-16)21-13-20(25)30-23(26-21)27-22(28-30)19-7-4-12-31-19/h4,7-13,16H,1-3,5-6,14-15,25H2. The predicted molar refractivity (Wildman–Crippen MR) is 117 cm³/mol. The van der Waals surface area contributed by atoms with Gasteiger partial charge < -0.3 is 15.1 Å². The number of hydrogen-bond acceptors (Lipinski definition) is 6. The number of furan rings is 1. The van der Waals surface area contributed by atoms with Crippen LogP contribution in [-0.4, -0.2) is 26.1 Å². The summed E-state index contributed by atoms with van der Waals surface area (Å²) in [5.41, 5.74) is 7.34. The predicted octanol–water partition coefficient (Wildman–Crippen LogP) is 4.69. The summed E-state index contributed by atoms with van der Waals surface area (Å²) in [6.07, 6.45) is 7.84. The fourth-order valence-corrected chi connectivity index (χ4v) is 4.28. The van der Waals surface area contributed by atoms with Crippen molar-refractivity contribution in [3.63, 3.8) is 0 Å². The average Bonchev–Trinajstić information content (AvgIpc) is 3.45. The van der Waals surface area contributed by atoms with Gasteiger partial charge in [-0.15, -0.1) is 5.10 Å². The quantitative estimate of drug-likeness (QED) is 0.487. The monoisotopic (exact) mass is 420 g/mol. The molecule has 3 heterocycles. The highest BCUT2D eigenvalue weighted by Crippen LogP contribution is 2.28. The van der Waals surface area contributed by atoms with Gasteiger partial charge in [-0.05, 0) is 48.6 Å². The fourth-order valence-electron chi connectivity index (χ4n) is 4.28. The average molecular weight is 420 g/mol. The van der Waals surface area contributed by atoms with E-state index >= 15 is 0 Å². The molecule has 1 aliphatic rings. The van der Waals surface area contributed by atoms with E-state index in [1.807, 2.05) is 18.2 Å². The maximum Gasteiger partial charge on any atom is 0.256 e. The molecule has 0 aliphatic heterocycles. The van der Waals surface area contributed by atoms with Gasteiger partial charge in [0.25, 0.3) is 5.78 Å². The summed E-state index contributed by atoms with van der Waals surface area (Å²) in [6.45, 7) is 1.50. The van der Waals surface area contributed by atoms with Gasteiger partial charge >= 0.3 is 0 Å². The summed E-state index contributed by atoms with van der Waals surface area (Å²) in [6, 6.07) is 12.0. The Bertz CT molecular complexity index is 1150. The van der Waals surface area contributed by atoms with Crippen LogP contribution in [0.2, 0.25) is 0 Å². The number of nitrogens with two attached hydrogens (primary N) is 1. The fraction of sp³-hybridized carbons (Fsp3) is 0.348. The van der Waals surface area contributed by atoms with E-state index in [0.717, 1.165) is 17.9 Å². The Labute approximate surface area is 179 Å². The van der Waals surface area contributed by atoms with Crippen LogP contribution < -0.4 is 10.6 Å². The number of benzene rings is 1. The molecule has 0 spiro atoms. The number of aromatic nitrogens is 4. The van der Waals surface area contributed by atoms with Gasteiger partial charge in [-0.3, -0.25) is 0 Å². The molecular weight excluding hydrogens is 395 g/mol. The zero-order valence-corrected chi connectivity index (χ0v) is 17.2. The van der Waals surface area contributed by atoms with Crippen molar-refractivity contribution in [1.29, 1.82) is 0 Å². The second-order valence-corrected chi connectivity index (χ2v) is 8.17. The van der Waals surface area contributed by atoms with Gasteiger partial charge in [-0.2, -0.15) is 14.5 Å². The van der Waals surface area contributed by atoms with E-state index in [-0.39, 0.29) is 5.82 Å². The molecule has 0 saturated heterocycles. The summed E-state index contributed by atoms with van der Waals surface area (Å²) in [4.78, 5) is 11.5. The molecule has 7 nitrogen and oxygen atoms in total. The molecule has 1 aliphatic carbocycles. The van der Waals surface area contributed by atoms with E-state index in [4.69, 9.17) is 15.1 Å². The van der Waals surface area contributed by atoms with Crippen LogP contribution in [0.4, 0.5) is 16.0 Å². The number of anilines is 2. The molecule has 1 fully saturated rings. The van der Waals surface area contributed by atoms with Crippen LogP contribution >= 0.6 is 0 Å². The third-order valence-corrected chi connectivity index (χ3v) is 5.88. The molecule has 0 atom stereocenters. The molecule has 160 valence electrons. The summed E-state index contributed by atoms with van der Waals surface area (Å²) in [7, 11) is 0. The molecular formula is C23H25FN6O. The number of halogens is 1. The first-order valence-corrected chi connectivity index (χ1v) is 10.7. The molecule has 0 amide bonds. The van der Waals surface area contributed by atoms with E-state index in [1.54, 1.807) is 18.4 Å². The molecule has 2 N–H and O–H groups in total. The molecule has 31 heavy (non-hydrogen) atoms. The Kier molecular flexibility index (Phi) is 5.28. The van der Waals surface area contributed by atoms with E-state index in [2.05, 4.69) is 15.0 Å². The van der Waals surface area contributed by atoms with Gasteiger partial charge in [-0.25, -0.2) is 4.39 Å². The van der Waals surface area contributed by atoms with Crippen LogP contribution in [0.3, 0.4) is 0 Å². The molecule has 5 rings (SSSR count). The minimum atomic E-state index is -0.236. The lowest BCUT2D eigenvalue weighted by atomic mass is 9.89. The van der Waals surface area contributed by atoms with E-state index in [9.17, 15) is 4.39 Å². The highest BCUT2D eigenvalue weighted by Gasteiger charge is 2.21. The molecule has 8 heteroatoms. The Morgan fingerprint density at radius 1 is 1.10 bits per heavy atom. The van der Waals surface area contributed by atoms with Crippen LogP contribution in [0.1, 0.15) is 37.7 Å². The Hall–Kier alpha value is -3.42. The smallest absolute Gasteiger partial charge is 0.256 e. The molecule has 0 unspecified atom stereocenters. The van der Waals surface area contributed by atoms with Gasteiger partial charge in [0, 0.05) is 19.2 Å². The van der Waals surface area contributed by atoms with Crippen molar-refractivity contribution in [2.75, 3.05) is 17.2 Å². The van der Waals surface area contributed by atoms with Gasteiger partial charge in [0.2, 0.25) is 5.82 Å². The van der Waals surface area contributed by atoms with Gasteiger partial charge in [0.05, 0.1) is 6.26 Å². The second kappa shape index (κ2) is 8.37. The second-order valence-electron chi connectivity index (χ2n) is 8.17. The van der Waals surface area contributed by atoms with Crippen LogP contribution in [0.25, 0.3) is 17.4 Å². The summed E-state index contributed by atoms with van der Waals surface area (Å²) < 4.78 is 20.3. The van der Waals surface area contributed by atoms with Crippen molar-refractivity contribution in [3.05, 3.63) is 60.1 Å². The van der Waals surface area contributed by atoms with Crippen molar-refractivity contribution >= 4 is 17.4 Å². The summed E-state index contributed by atoms with van der Waals surface area (Å²) in [5, 5.41) is 4.43. The van der Waals surface area contributed by atoms with Crippen LogP contribution in [0, 0.1) is 11.7 Å². The Morgan fingerprint density at radius 2 is 1.90 bits per heavy atom. The largest absolute Gasteiger partial charge is 0.461 e. The van der Waals surface area contributed by atoms with E-state index < -0.39 is 0 Å². The maximum atomic E-state index is 13.4. The lowest BCUT2D eigenvalue weighted by Gasteiger charge is -2.31. The SMILES string of the molecule is Nc1cc(N(Cc2ccc(F)cc2)CC2CCCCC2)nc2nc(-c3ccco3)nn12. The first-order valence-electron chi connectivity index (χ1n) is 10.7. The van der Waals surface area contributed by atoms with Crippen molar-refractivity contribution in [3.8, 4) is 11.6 Å². The number of hydrogen-bond donors (Lipinski definition) is 1. The van der Waals surface area contributed by atoms with Crippen LogP contribution in [-0.2, 0) is 6.54 Å². The normalized spacial score (nSPS) is 14.9. The number of fused-ring (bicyclic) bond motifs is 1. The third-order valence-electron chi connectivity index (χ3n) is 5.88. The molecule has 1 aromatic carbocycles.